The summed E-state index contributed by atoms with van der Waals surface area (Å²) in [6.45, 7) is 0.660. The molecule has 1 aliphatic heterocycles. The number of nitrogens with zero attached hydrogens (tertiary/aromatic N) is 4. The van der Waals surface area contributed by atoms with Crippen LogP contribution < -0.4 is 16.0 Å². The van der Waals surface area contributed by atoms with E-state index in [0.717, 1.165) is 4.90 Å². The zero-order valence-electron chi connectivity index (χ0n) is 21.7. The number of amides is 4. The van der Waals surface area contributed by atoms with Crippen molar-refractivity contribution in [1.82, 2.24) is 30.3 Å². The van der Waals surface area contributed by atoms with Gasteiger partial charge in [-0.1, -0.05) is 23.7 Å². The van der Waals surface area contributed by atoms with Gasteiger partial charge in [-0.05, 0) is 48.4 Å². The Morgan fingerprint density at radius 1 is 1.18 bits per heavy atom. The van der Waals surface area contributed by atoms with Gasteiger partial charge in [0, 0.05) is 31.1 Å². The molecule has 0 saturated carbocycles. The summed E-state index contributed by atoms with van der Waals surface area (Å²) >= 11 is 6.02. The number of nitrogens with one attached hydrogen (secondary N) is 3. The number of hydrogen-bond acceptors (Lipinski definition) is 6. The minimum atomic E-state index is -3.12. The number of methoxy groups -OCH3 is 1. The van der Waals surface area contributed by atoms with Crippen LogP contribution in [0.15, 0.2) is 54.9 Å². The number of carbonyl (C=O) groups excluding carboxylic acids is 3. The molecule has 4 rings (SSSR count). The van der Waals surface area contributed by atoms with Crippen LogP contribution in [-0.4, -0.2) is 70.2 Å². The number of benzene rings is 1. The van der Waals surface area contributed by atoms with E-state index in [0.29, 0.717) is 22.7 Å². The van der Waals surface area contributed by atoms with Gasteiger partial charge in [-0.15, -0.1) is 0 Å². The summed E-state index contributed by atoms with van der Waals surface area (Å²) in [6.07, 6.45) is 2.86. The molecule has 14 heteroatoms. The van der Waals surface area contributed by atoms with Gasteiger partial charge in [-0.25, -0.2) is 18.6 Å². The second-order valence-corrected chi connectivity index (χ2v) is 9.50. The van der Waals surface area contributed by atoms with Crippen molar-refractivity contribution in [3.05, 3.63) is 76.7 Å². The molecule has 3 N–H and O–H groups in total. The molecule has 4 amide bonds. The standard InChI is InChI=1S/C26H28ClF2N7O4/c1-3-36-19(9-11-32-36)23(37)34-22(16-4-6-18(27)7-5-16)24(38)33-21-12-17(8-10-30-21)20(13-40-2)35-15-26(28,29)14-31-25(35)39/h4-12,20,22H,3,13-15H2,1-2H3,(H,31,39)(H,34,37)(H,30,33,38)/t20-,22+/m1/s1. The zero-order chi connectivity index (χ0) is 28.9. The highest BCUT2D eigenvalue weighted by Crippen LogP contribution is 2.29. The summed E-state index contributed by atoms with van der Waals surface area (Å²) in [5, 5.41) is 12.1. The lowest BCUT2D eigenvalue weighted by molar-refractivity contribution is -0.118. The van der Waals surface area contributed by atoms with E-state index >= 15 is 0 Å². The Hall–Kier alpha value is -4.10. The fraction of sp³-hybridized carbons (Fsp3) is 0.346. The van der Waals surface area contributed by atoms with E-state index in [-0.39, 0.29) is 18.1 Å². The molecular formula is C26H28ClF2N7O4. The summed E-state index contributed by atoms with van der Waals surface area (Å²) in [5.74, 6) is -4.18. The van der Waals surface area contributed by atoms with Crippen LogP contribution in [0.5, 0.6) is 0 Å². The van der Waals surface area contributed by atoms with E-state index < -0.39 is 48.9 Å². The molecule has 1 aliphatic rings. The van der Waals surface area contributed by atoms with Gasteiger partial charge in [0.2, 0.25) is 0 Å². The zero-order valence-corrected chi connectivity index (χ0v) is 22.5. The van der Waals surface area contributed by atoms with E-state index in [9.17, 15) is 23.2 Å². The molecule has 212 valence electrons. The second-order valence-electron chi connectivity index (χ2n) is 9.07. The highest BCUT2D eigenvalue weighted by molar-refractivity contribution is 6.30. The largest absolute Gasteiger partial charge is 0.382 e. The second kappa shape index (κ2) is 12.4. The van der Waals surface area contributed by atoms with Crippen LogP contribution in [0.4, 0.5) is 19.4 Å². The monoisotopic (exact) mass is 575 g/mol. The molecule has 1 fully saturated rings. The van der Waals surface area contributed by atoms with Crippen molar-refractivity contribution in [2.75, 3.05) is 32.1 Å². The van der Waals surface area contributed by atoms with Crippen LogP contribution in [-0.2, 0) is 16.1 Å². The highest BCUT2D eigenvalue weighted by atomic mass is 35.5. The first kappa shape index (κ1) is 28.9. The Kier molecular flexibility index (Phi) is 8.95. The predicted octanol–water partition coefficient (Wildman–Crippen LogP) is 3.41. The maximum atomic E-state index is 14.1. The van der Waals surface area contributed by atoms with E-state index in [1.165, 1.54) is 36.3 Å². The molecule has 2 aromatic heterocycles. The van der Waals surface area contributed by atoms with Crippen LogP contribution in [0.3, 0.4) is 0 Å². The lowest BCUT2D eigenvalue weighted by Gasteiger charge is -2.38. The molecular weight excluding hydrogens is 548 g/mol. The van der Waals surface area contributed by atoms with E-state index in [4.69, 9.17) is 16.3 Å². The van der Waals surface area contributed by atoms with Crippen molar-refractivity contribution < 1.29 is 27.9 Å². The Labute approximate surface area is 233 Å². The summed E-state index contributed by atoms with van der Waals surface area (Å²) in [7, 11) is 1.39. The number of hydrogen-bond donors (Lipinski definition) is 3. The van der Waals surface area contributed by atoms with Gasteiger partial charge in [-0.2, -0.15) is 5.10 Å². The molecule has 0 aliphatic carbocycles. The highest BCUT2D eigenvalue weighted by Gasteiger charge is 2.42. The van der Waals surface area contributed by atoms with Crippen molar-refractivity contribution >= 4 is 35.3 Å². The topological polar surface area (TPSA) is 130 Å². The third kappa shape index (κ3) is 6.72. The van der Waals surface area contributed by atoms with Gasteiger partial charge in [0.05, 0.1) is 25.7 Å². The fourth-order valence-electron chi connectivity index (χ4n) is 4.32. The Morgan fingerprint density at radius 2 is 1.93 bits per heavy atom. The number of aromatic nitrogens is 3. The number of carbonyl (C=O) groups is 3. The number of pyridine rings is 1. The summed E-state index contributed by atoms with van der Waals surface area (Å²) in [4.78, 5) is 44.1. The SMILES string of the molecule is CCn1nccc1C(=O)N[C@H](C(=O)Nc1cc([C@@H](COC)N2CC(F)(F)CNC2=O)ccn1)c1ccc(Cl)cc1. The molecule has 2 atom stereocenters. The minimum absolute atomic E-state index is 0.0739. The summed E-state index contributed by atoms with van der Waals surface area (Å²) in [5.41, 5.74) is 1.14. The summed E-state index contributed by atoms with van der Waals surface area (Å²) < 4.78 is 34.9. The maximum absolute atomic E-state index is 14.1. The molecule has 0 unspecified atom stereocenters. The molecule has 1 aromatic carbocycles. The average molecular weight is 576 g/mol. The van der Waals surface area contributed by atoms with E-state index in [2.05, 4.69) is 26.0 Å². The Morgan fingerprint density at radius 3 is 2.62 bits per heavy atom. The number of halogens is 3. The average Bonchev–Trinajstić information content (AvgIpc) is 3.42. The Bertz CT molecular complexity index is 1370. The van der Waals surface area contributed by atoms with Crippen molar-refractivity contribution in [3.63, 3.8) is 0 Å². The number of urea groups is 1. The van der Waals surface area contributed by atoms with Crippen LogP contribution in [0.2, 0.25) is 5.02 Å². The Balaban J connectivity index is 1.59. The first-order valence-corrected chi connectivity index (χ1v) is 12.8. The van der Waals surface area contributed by atoms with Gasteiger partial charge < -0.3 is 25.6 Å². The first-order chi connectivity index (χ1) is 19.1. The third-order valence-corrected chi connectivity index (χ3v) is 6.52. The van der Waals surface area contributed by atoms with Gasteiger partial charge in [-0.3, -0.25) is 14.3 Å². The summed E-state index contributed by atoms with van der Waals surface area (Å²) in [6, 6.07) is 8.27. The molecule has 3 aromatic rings. The molecule has 11 nitrogen and oxygen atoms in total. The predicted molar refractivity (Wildman–Crippen MR) is 142 cm³/mol. The van der Waals surface area contributed by atoms with Gasteiger partial charge in [0.1, 0.15) is 17.6 Å². The normalized spacial score (nSPS) is 16.1. The number of anilines is 1. The van der Waals surface area contributed by atoms with Crippen molar-refractivity contribution in [2.45, 2.75) is 31.5 Å². The third-order valence-electron chi connectivity index (χ3n) is 6.27. The number of aryl methyl sites for hydroxylation is 1. The quantitative estimate of drug-likeness (QED) is 0.340. The van der Waals surface area contributed by atoms with Gasteiger partial charge in [0.25, 0.3) is 17.7 Å². The number of alkyl halides is 2. The maximum Gasteiger partial charge on any atom is 0.318 e. The van der Waals surface area contributed by atoms with Crippen molar-refractivity contribution in [3.8, 4) is 0 Å². The lowest BCUT2D eigenvalue weighted by atomic mass is 10.0. The van der Waals surface area contributed by atoms with Crippen LogP contribution in [0.25, 0.3) is 0 Å². The van der Waals surface area contributed by atoms with Gasteiger partial charge >= 0.3 is 6.03 Å². The van der Waals surface area contributed by atoms with E-state index in [1.54, 1.807) is 30.3 Å². The molecule has 0 radical (unpaired) electrons. The first-order valence-electron chi connectivity index (χ1n) is 12.4. The molecule has 3 heterocycles. The van der Waals surface area contributed by atoms with Crippen LogP contribution >= 0.6 is 11.6 Å². The van der Waals surface area contributed by atoms with Crippen LogP contribution in [0, 0.1) is 0 Å². The van der Waals surface area contributed by atoms with Crippen molar-refractivity contribution in [1.29, 1.82) is 0 Å². The molecule has 0 bridgehead atoms. The van der Waals surface area contributed by atoms with E-state index in [1.807, 2.05) is 6.92 Å². The fourth-order valence-corrected chi connectivity index (χ4v) is 4.44. The molecule has 40 heavy (non-hydrogen) atoms. The molecule has 1 saturated heterocycles. The van der Waals surface area contributed by atoms with Crippen molar-refractivity contribution in [2.24, 2.45) is 0 Å². The number of rotatable bonds is 10. The minimum Gasteiger partial charge on any atom is -0.382 e. The molecule has 0 spiro atoms. The van der Waals surface area contributed by atoms with Gasteiger partial charge in [0.15, 0.2) is 0 Å². The number of ether oxygens (including phenoxy) is 1. The lowest BCUT2D eigenvalue weighted by Crippen LogP contribution is -2.58. The smallest absolute Gasteiger partial charge is 0.318 e. The van der Waals surface area contributed by atoms with Crippen LogP contribution in [0.1, 0.15) is 40.6 Å².